The van der Waals surface area contributed by atoms with Gasteiger partial charge in [-0.25, -0.2) is 0 Å². The highest BCUT2D eigenvalue weighted by Crippen LogP contribution is 2.42. The van der Waals surface area contributed by atoms with E-state index in [9.17, 15) is 4.79 Å². The number of hydrogen-bond acceptors (Lipinski definition) is 4. The number of carbonyl (C=O) groups excluding carboxylic acids is 1. The third-order valence-corrected chi connectivity index (χ3v) is 6.21. The van der Waals surface area contributed by atoms with Crippen LogP contribution in [0, 0.1) is 5.92 Å². The number of methoxy groups -OCH3 is 2. The van der Waals surface area contributed by atoms with Crippen LogP contribution in [0.5, 0.6) is 5.75 Å². The lowest BCUT2D eigenvalue weighted by Crippen LogP contribution is -2.17. The predicted octanol–water partition coefficient (Wildman–Crippen LogP) is 5.71. The Morgan fingerprint density at radius 2 is 1.79 bits per heavy atom. The summed E-state index contributed by atoms with van der Waals surface area (Å²) in [6.07, 6.45) is 6.40. The third-order valence-electron chi connectivity index (χ3n) is 6.21. The summed E-state index contributed by atoms with van der Waals surface area (Å²) in [4.78, 5) is 17.9. The lowest BCUT2D eigenvalue weighted by molar-refractivity contribution is 0.0889. The fourth-order valence-electron chi connectivity index (χ4n) is 4.61. The van der Waals surface area contributed by atoms with Gasteiger partial charge < -0.3 is 9.47 Å². The molecule has 29 heavy (non-hydrogen) atoms. The molecule has 4 heteroatoms. The average molecular weight is 392 g/mol. The third kappa shape index (κ3) is 4.13. The fourth-order valence-corrected chi connectivity index (χ4v) is 4.61. The summed E-state index contributed by atoms with van der Waals surface area (Å²) in [5, 5.41) is 0. The first kappa shape index (κ1) is 19.8. The van der Waals surface area contributed by atoms with Crippen LogP contribution in [0.3, 0.4) is 0 Å². The van der Waals surface area contributed by atoms with E-state index in [4.69, 9.17) is 14.5 Å². The Balaban J connectivity index is 1.65. The fraction of sp³-hybridized carbons (Fsp3) is 0.440. The molecule has 1 unspecified atom stereocenters. The number of fused-ring (bicyclic) bond motifs is 1. The molecule has 0 spiro atoms. The number of aliphatic imine (C=N–C) groups is 1. The molecule has 0 N–H and O–H groups in total. The number of hydrogen-bond donors (Lipinski definition) is 0. The molecule has 2 aromatic rings. The second kappa shape index (κ2) is 8.91. The molecule has 0 saturated heterocycles. The lowest BCUT2D eigenvalue weighted by atomic mass is 9.82. The van der Waals surface area contributed by atoms with Gasteiger partial charge in [-0.05, 0) is 42.2 Å². The Labute approximate surface area is 173 Å². The summed E-state index contributed by atoms with van der Waals surface area (Å²) in [6, 6.07) is 14.3. The molecule has 0 bridgehead atoms. The van der Waals surface area contributed by atoms with Crippen molar-refractivity contribution in [3.63, 3.8) is 0 Å². The topological polar surface area (TPSA) is 47.9 Å². The molecule has 0 radical (unpaired) electrons. The Bertz CT molecular complexity index is 895. The number of ketones is 1. The van der Waals surface area contributed by atoms with Gasteiger partial charge in [-0.2, -0.15) is 0 Å². The summed E-state index contributed by atoms with van der Waals surface area (Å²) in [5.41, 5.74) is 5.18. The van der Waals surface area contributed by atoms with Gasteiger partial charge in [0.15, 0.2) is 5.78 Å². The molecule has 1 heterocycles. The Morgan fingerprint density at radius 3 is 2.48 bits per heavy atom. The van der Waals surface area contributed by atoms with Gasteiger partial charge in [-0.15, -0.1) is 0 Å². The SMILES string of the molecule is COCCC1=Nc2cc(C(=O)C3CCCCC3)ccc2C1c1ccc(OC)cc1. The average Bonchev–Trinajstić information content (AvgIpc) is 3.15. The molecule has 1 aliphatic carbocycles. The molecule has 4 nitrogen and oxygen atoms in total. The highest BCUT2D eigenvalue weighted by Gasteiger charge is 2.30. The number of ether oxygens (including phenoxy) is 2. The molecule has 1 atom stereocenters. The molecular formula is C25H29NO3. The summed E-state index contributed by atoms with van der Waals surface area (Å²) in [6.45, 7) is 0.632. The molecule has 1 aliphatic heterocycles. The van der Waals surface area contributed by atoms with Crippen LogP contribution in [-0.2, 0) is 4.74 Å². The van der Waals surface area contributed by atoms with Crippen molar-refractivity contribution in [3.05, 3.63) is 59.2 Å². The monoisotopic (exact) mass is 391 g/mol. The first-order chi connectivity index (χ1) is 14.2. The van der Waals surface area contributed by atoms with Crippen LogP contribution in [-0.4, -0.2) is 32.3 Å². The number of nitrogens with zero attached hydrogens (tertiary/aromatic N) is 1. The normalized spacial score (nSPS) is 19.0. The minimum atomic E-state index is 0.102. The Hall–Kier alpha value is -2.46. The van der Waals surface area contributed by atoms with Crippen molar-refractivity contribution >= 4 is 17.2 Å². The van der Waals surface area contributed by atoms with Gasteiger partial charge in [-0.3, -0.25) is 9.79 Å². The molecule has 0 aromatic heterocycles. The van der Waals surface area contributed by atoms with Crippen molar-refractivity contribution in [1.29, 1.82) is 0 Å². The maximum absolute atomic E-state index is 13.0. The standard InChI is InChI=1S/C25H29NO3/c1-28-15-14-22-24(17-8-11-20(29-2)12-9-17)21-13-10-19(16-23(21)26-22)25(27)18-6-4-3-5-7-18/h8-13,16,18,24H,3-7,14-15H2,1-2H3. The van der Waals surface area contributed by atoms with Crippen molar-refractivity contribution in [2.75, 3.05) is 20.8 Å². The van der Waals surface area contributed by atoms with E-state index in [1.54, 1.807) is 14.2 Å². The molecule has 1 fully saturated rings. The largest absolute Gasteiger partial charge is 0.497 e. The number of benzene rings is 2. The molecule has 0 amide bonds. The van der Waals surface area contributed by atoms with Crippen molar-refractivity contribution in [1.82, 2.24) is 0 Å². The molecule has 2 aliphatic rings. The van der Waals surface area contributed by atoms with E-state index in [1.165, 1.54) is 30.4 Å². The van der Waals surface area contributed by atoms with Gasteiger partial charge >= 0.3 is 0 Å². The predicted molar refractivity (Wildman–Crippen MR) is 116 cm³/mol. The second-order valence-corrected chi connectivity index (χ2v) is 8.02. The Morgan fingerprint density at radius 1 is 1.03 bits per heavy atom. The summed E-state index contributed by atoms with van der Waals surface area (Å²) < 4.78 is 10.6. The van der Waals surface area contributed by atoms with Crippen LogP contribution in [0.25, 0.3) is 0 Å². The van der Waals surface area contributed by atoms with E-state index in [2.05, 4.69) is 18.2 Å². The highest BCUT2D eigenvalue weighted by atomic mass is 16.5. The zero-order valence-corrected chi connectivity index (χ0v) is 17.3. The summed E-state index contributed by atoms with van der Waals surface area (Å²) >= 11 is 0. The second-order valence-electron chi connectivity index (χ2n) is 8.02. The van der Waals surface area contributed by atoms with Crippen LogP contribution < -0.4 is 4.74 Å². The maximum Gasteiger partial charge on any atom is 0.166 e. The highest BCUT2D eigenvalue weighted by molar-refractivity contribution is 6.03. The zero-order valence-electron chi connectivity index (χ0n) is 17.3. The van der Waals surface area contributed by atoms with Crippen LogP contribution in [0.15, 0.2) is 47.5 Å². The smallest absolute Gasteiger partial charge is 0.166 e. The van der Waals surface area contributed by atoms with Crippen LogP contribution in [0.4, 0.5) is 5.69 Å². The van der Waals surface area contributed by atoms with Crippen molar-refractivity contribution in [3.8, 4) is 5.75 Å². The minimum Gasteiger partial charge on any atom is -0.497 e. The van der Waals surface area contributed by atoms with Crippen LogP contribution >= 0.6 is 0 Å². The molecule has 2 aromatic carbocycles. The minimum absolute atomic E-state index is 0.102. The maximum atomic E-state index is 13.0. The summed E-state index contributed by atoms with van der Waals surface area (Å²) in [7, 11) is 3.39. The van der Waals surface area contributed by atoms with E-state index < -0.39 is 0 Å². The Kier molecular flexibility index (Phi) is 6.10. The van der Waals surface area contributed by atoms with E-state index >= 15 is 0 Å². The van der Waals surface area contributed by atoms with E-state index in [0.717, 1.165) is 42.0 Å². The molecule has 1 saturated carbocycles. The van der Waals surface area contributed by atoms with Crippen molar-refractivity contribution in [2.45, 2.75) is 44.4 Å². The van der Waals surface area contributed by atoms with Crippen LogP contribution in [0.2, 0.25) is 0 Å². The van der Waals surface area contributed by atoms with Gasteiger partial charge in [0, 0.05) is 36.6 Å². The van der Waals surface area contributed by atoms with Gasteiger partial charge in [-0.1, -0.05) is 43.5 Å². The van der Waals surface area contributed by atoms with E-state index in [1.807, 2.05) is 24.3 Å². The first-order valence-electron chi connectivity index (χ1n) is 10.6. The van der Waals surface area contributed by atoms with Gasteiger partial charge in [0.05, 0.1) is 19.4 Å². The quantitative estimate of drug-likeness (QED) is 0.568. The number of carbonyl (C=O) groups is 1. The molecule has 152 valence electrons. The lowest BCUT2D eigenvalue weighted by Gasteiger charge is -2.20. The van der Waals surface area contributed by atoms with Crippen molar-refractivity contribution < 1.29 is 14.3 Å². The van der Waals surface area contributed by atoms with Gasteiger partial charge in [0.2, 0.25) is 0 Å². The van der Waals surface area contributed by atoms with Gasteiger partial charge in [0.25, 0.3) is 0 Å². The van der Waals surface area contributed by atoms with Crippen molar-refractivity contribution in [2.24, 2.45) is 10.9 Å². The van der Waals surface area contributed by atoms with Crippen LogP contribution in [0.1, 0.15) is 65.9 Å². The van der Waals surface area contributed by atoms with E-state index in [-0.39, 0.29) is 17.6 Å². The first-order valence-corrected chi connectivity index (χ1v) is 10.6. The summed E-state index contributed by atoms with van der Waals surface area (Å²) in [5.74, 6) is 1.41. The van der Waals surface area contributed by atoms with Gasteiger partial charge in [0.1, 0.15) is 5.75 Å². The molecule has 4 rings (SSSR count). The van der Waals surface area contributed by atoms with E-state index in [0.29, 0.717) is 6.61 Å². The number of Topliss-reactive ketones (excluding diaryl/α,β-unsaturated/α-hetero) is 1. The zero-order chi connectivity index (χ0) is 20.2. The number of rotatable bonds is 7. The molecular weight excluding hydrogens is 362 g/mol.